The van der Waals surface area contributed by atoms with Crippen molar-refractivity contribution >= 4 is 24.2 Å². The maximum atomic E-state index is 12.4. The van der Waals surface area contributed by atoms with Crippen molar-refractivity contribution in [1.29, 1.82) is 0 Å². The number of nitrogens with one attached hydrogen (secondary N) is 1. The summed E-state index contributed by atoms with van der Waals surface area (Å²) in [6.07, 6.45) is 2.37. The molecule has 4 N–H and O–H groups in total. The van der Waals surface area contributed by atoms with Gasteiger partial charge in [0.2, 0.25) is 5.91 Å². The minimum Gasteiger partial charge on any atom is -0.389 e. The van der Waals surface area contributed by atoms with Crippen LogP contribution >= 0.6 is 0 Å². The molecular formula is C24H39N3O7. The van der Waals surface area contributed by atoms with Gasteiger partial charge in [-0.2, -0.15) is 0 Å². The molecule has 1 aromatic rings. The third-order valence-corrected chi connectivity index (χ3v) is 5.28. The minimum atomic E-state index is -0.663. The van der Waals surface area contributed by atoms with Gasteiger partial charge in [0.05, 0.1) is 52.2 Å². The first-order chi connectivity index (χ1) is 16.4. The van der Waals surface area contributed by atoms with Crippen molar-refractivity contribution in [3.05, 3.63) is 29.3 Å². The molecule has 1 aromatic carbocycles. The summed E-state index contributed by atoms with van der Waals surface area (Å²) < 4.78 is 16.0. The monoisotopic (exact) mass is 481 g/mol. The van der Waals surface area contributed by atoms with E-state index in [0.717, 1.165) is 24.6 Å². The Hall–Kier alpha value is -2.21. The minimum absolute atomic E-state index is 0.146. The number of hydrogen-bond acceptors (Lipinski definition) is 9. The number of carbonyl (C=O) groups excluding carboxylic acids is 3. The fourth-order valence-electron chi connectivity index (χ4n) is 3.05. The number of amides is 1. The van der Waals surface area contributed by atoms with E-state index in [2.05, 4.69) is 10.2 Å². The summed E-state index contributed by atoms with van der Waals surface area (Å²) in [7, 11) is 1.92. The summed E-state index contributed by atoms with van der Waals surface area (Å²) in [5.41, 5.74) is 7.12. The van der Waals surface area contributed by atoms with Gasteiger partial charge >= 0.3 is 0 Å². The molecule has 10 heteroatoms. The molecular weight excluding hydrogens is 442 g/mol. The van der Waals surface area contributed by atoms with E-state index in [9.17, 15) is 19.5 Å². The van der Waals surface area contributed by atoms with Gasteiger partial charge in [-0.1, -0.05) is 12.1 Å². The molecule has 0 aliphatic heterocycles. The summed E-state index contributed by atoms with van der Waals surface area (Å²) in [4.78, 5) is 36.7. The van der Waals surface area contributed by atoms with E-state index in [4.69, 9.17) is 19.9 Å². The molecule has 1 rings (SSSR count). The second-order valence-electron chi connectivity index (χ2n) is 7.99. The number of rotatable bonds is 20. The van der Waals surface area contributed by atoms with E-state index >= 15 is 0 Å². The van der Waals surface area contributed by atoms with E-state index in [-0.39, 0.29) is 38.1 Å². The fourth-order valence-corrected chi connectivity index (χ4v) is 3.05. The van der Waals surface area contributed by atoms with Crippen molar-refractivity contribution in [2.24, 2.45) is 5.73 Å². The standard InChI is InChI=1S/C24H39N3O7/c1-19(5-4-9-28)27(2)16-22-20(17-29)6-3-7-23(22)26-24(31)8-10-32-11-12-33-13-14-34-18-21(30)15-25/h3,6-7,9,17,19,21,30H,4-5,8,10-16,18,25H2,1-2H3,(H,26,31). The predicted octanol–water partition coefficient (Wildman–Crippen LogP) is 0.997. The second kappa shape index (κ2) is 18.2. The van der Waals surface area contributed by atoms with Gasteiger partial charge < -0.3 is 35.2 Å². The second-order valence-corrected chi connectivity index (χ2v) is 7.99. The zero-order chi connectivity index (χ0) is 25.2. The first-order valence-corrected chi connectivity index (χ1v) is 11.5. The van der Waals surface area contributed by atoms with Crippen molar-refractivity contribution in [1.82, 2.24) is 4.90 Å². The number of carbonyl (C=O) groups is 3. The summed E-state index contributed by atoms with van der Waals surface area (Å²) in [5, 5.41) is 12.1. The highest BCUT2D eigenvalue weighted by atomic mass is 16.5. The van der Waals surface area contributed by atoms with Gasteiger partial charge in [0.1, 0.15) is 12.6 Å². The largest absolute Gasteiger partial charge is 0.389 e. The van der Waals surface area contributed by atoms with E-state index in [1.165, 1.54) is 0 Å². The van der Waals surface area contributed by atoms with Gasteiger partial charge in [-0.25, -0.2) is 0 Å². The first kappa shape index (κ1) is 29.8. The number of anilines is 1. The molecule has 0 aliphatic carbocycles. The molecule has 0 aliphatic rings. The van der Waals surface area contributed by atoms with Crippen molar-refractivity contribution in [3.63, 3.8) is 0 Å². The van der Waals surface area contributed by atoms with E-state index in [1.807, 2.05) is 14.0 Å². The van der Waals surface area contributed by atoms with Gasteiger partial charge in [0.25, 0.3) is 0 Å². The van der Waals surface area contributed by atoms with Crippen LogP contribution in [0.4, 0.5) is 5.69 Å². The maximum absolute atomic E-state index is 12.4. The molecule has 0 aromatic heterocycles. The van der Waals surface area contributed by atoms with Crippen LogP contribution in [-0.4, -0.2) is 93.9 Å². The maximum Gasteiger partial charge on any atom is 0.226 e. The molecule has 0 bridgehead atoms. The fraction of sp³-hybridized carbons (Fsp3) is 0.625. The number of aldehydes is 2. The molecule has 34 heavy (non-hydrogen) atoms. The first-order valence-electron chi connectivity index (χ1n) is 11.5. The Morgan fingerprint density at radius 2 is 1.82 bits per heavy atom. The van der Waals surface area contributed by atoms with Crippen molar-refractivity contribution < 1.29 is 33.7 Å². The average Bonchev–Trinajstić information content (AvgIpc) is 2.84. The van der Waals surface area contributed by atoms with Crippen LogP contribution in [0.25, 0.3) is 0 Å². The smallest absolute Gasteiger partial charge is 0.226 e. The molecule has 0 spiro atoms. The van der Waals surface area contributed by atoms with E-state index in [0.29, 0.717) is 50.6 Å². The lowest BCUT2D eigenvalue weighted by Gasteiger charge is -2.26. The topological polar surface area (TPSA) is 140 Å². The molecule has 192 valence electrons. The van der Waals surface area contributed by atoms with Gasteiger partial charge in [0.15, 0.2) is 0 Å². The molecule has 10 nitrogen and oxygen atoms in total. The van der Waals surface area contributed by atoms with Crippen LogP contribution in [0.15, 0.2) is 18.2 Å². The predicted molar refractivity (Wildman–Crippen MR) is 129 cm³/mol. The van der Waals surface area contributed by atoms with Gasteiger partial charge in [0, 0.05) is 42.4 Å². The van der Waals surface area contributed by atoms with Gasteiger partial charge in [-0.3, -0.25) is 14.5 Å². The van der Waals surface area contributed by atoms with Crippen LogP contribution in [0.5, 0.6) is 0 Å². The van der Waals surface area contributed by atoms with Crippen LogP contribution in [0.1, 0.15) is 42.1 Å². The Kier molecular flexibility index (Phi) is 15.9. The molecule has 0 saturated carbocycles. The van der Waals surface area contributed by atoms with Crippen LogP contribution < -0.4 is 11.1 Å². The third-order valence-electron chi connectivity index (χ3n) is 5.28. The molecule has 1 amide bonds. The number of ether oxygens (including phenoxy) is 3. The molecule has 0 radical (unpaired) electrons. The summed E-state index contributed by atoms with van der Waals surface area (Å²) in [5.74, 6) is -0.214. The number of nitrogens with zero attached hydrogens (tertiary/aromatic N) is 1. The van der Waals surface area contributed by atoms with Gasteiger partial charge in [-0.15, -0.1) is 0 Å². The lowest BCUT2D eigenvalue weighted by Crippen LogP contribution is -2.29. The highest BCUT2D eigenvalue weighted by molar-refractivity contribution is 5.93. The highest BCUT2D eigenvalue weighted by Crippen LogP contribution is 2.22. The number of benzene rings is 1. The quantitative estimate of drug-likeness (QED) is 0.184. The van der Waals surface area contributed by atoms with E-state index in [1.54, 1.807) is 18.2 Å². The normalized spacial score (nSPS) is 13.0. The van der Waals surface area contributed by atoms with Crippen LogP contribution in [0, 0.1) is 0 Å². The van der Waals surface area contributed by atoms with Crippen LogP contribution in [0.3, 0.4) is 0 Å². The van der Waals surface area contributed by atoms with E-state index < -0.39 is 6.10 Å². The third kappa shape index (κ3) is 12.3. The highest BCUT2D eigenvalue weighted by Gasteiger charge is 2.16. The molecule has 0 heterocycles. The van der Waals surface area contributed by atoms with Crippen molar-refractivity contribution in [2.45, 2.75) is 44.9 Å². The summed E-state index contributed by atoms with van der Waals surface area (Å²) in [6.45, 7) is 4.49. The zero-order valence-electron chi connectivity index (χ0n) is 20.2. The Balaban J connectivity index is 2.39. The Labute approximate surface area is 201 Å². The molecule has 0 fully saturated rings. The average molecular weight is 482 g/mol. The lowest BCUT2D eigenvalue weighted by molar-refractivity contribution is -0.117. The number of aliphatic hydroxyl groups excluding tert-OH is 1. The SMILES string of the molecule is CC(CCC=O)N(C)Cc1c(C=O)cccc1NC(=O)CCOCCOCCOCC(O)CN. The lowest BCUT2D eigenvalue weighted by atomic mass is 10.0. The van der Waals surface area contributed by atoms with Gasteiger partial charge in [-0.05, 0) is 26.5 Å². The number of aliphatic hydroxyl groups is 1. The Morgan fingerprint density at radius 3 is 2.47 bits per heavy atom. The van der Waals surface area contributed by atoms with Crippen LogP contribution in [-0.2, 0) is 30.3 Å². The number of nitrogens with two attached hydrogens (primary N) is 1. The van der Waals surface area contributed by atoms with Crippen molar-refractivity contribution in [2.75, 3.05) is 58.6 Å². The molecule has 2 unspecified atom stereocenters. The number of hydrogen-bond donors (Lipinski definition) is 3. The molecule has 2 atom stereocenters. The van der Waals surface area contributed by atoms with Crippen molar-refractivity contribution in [3.8, 4) is 0 Å². The Bertz CT molecular complexity index is 733. The Morgan fingerprint density at radius 1 is 1.15 bits per heavy atom. The molecule has 0 saturated heterocycles. The zero-order valence-corrected chi connectivity index (χ0v) is 20.2. The summed E-state index contributed by atoms with van der Waals surface area (Å²) in [6, 6.07) is 5.37. The van der Waals surface area contributed by atoms with Crippen LogP contribution in [0.2, 0.25) is 0 Å². The summed E-state index contributed by atoms with van der Waals surface area (Å²) >= 11 is 0.